The number of hydrogen-bond acceptors (Lipinski definition) is 3. The quantitative estimate of drug-likeness (QED) is 0.238. The van der Waals surface area contributed by atoms with Crippen molar-refractivity contribution in [2.45, 2.75) is 77.6 Å². The van der Waals surface area contributed by atoms with Gasteiger partial charge in [-0.25, -0.2) is 0 Å². The Kier molecular flexibility index (Phi) is 7.91. The van der Waals surface area contributed by atoms with Gasteiger partial charge in [0.15, 0.2) is 5.69 Å². The van der Waals surface area contributed by atoms with E-state index in [2.05, 4.69) is 12.0 Å². The van der Waals surface area contributed by atoms with Gasteiger partial charge in [-0.15, -0.1) is 4.85 Å². The summed E-state index contributed by atoms with van der Waals surface area (Å²) in [5.41, 5.74) is 2.66. The molecule has 0 radical (unpaired) electrons. The normalized spacial score (nSPS) is 11.3. The fraction of sp³-hybridized carbons (Fsp3) is 0.500. The third kappa shape index (κ3) is 5.72. The summed E-state index contributed by atoms with van der Waals surface area (Å²) >= 11 is 0. The smallest absolute Gasteiger partial charge is 0.250 e. The van der Waals surface area contributed by atoms with Crippen LogP contribution in [0.5, 0.6) is 5.75 Å². The average molecular weight is 396 g/mol. The van der Waals surface area contributed by atoms with Crippen molar-refractivity contribution < 1.29 is 9.95 Å². The molecule has 3 rings (SSSR count). The van der Waals surface area contributed by atoms with Crippen LogP contribution in [0.2, 0.25) is 0 Å². The molecule has 0 atom stereocenters. The number of fused-ring (bicyclic) bond motifs is 1. The second kappa shape index (κ2) is 10.8. The average Bonchev–Trinajstić information content (AvgIpc) is 3.07. The second-order valence-electron chi connectivity index (χ2n) is 7.91. The molecular weight excluding hydrogens is 362 g/mol. The SMILES string of the molecule is CCCCCCCCCCCCc1ccc(O)c(-n2nc3ccccc3[n+]2[O-])c1. The summed E-state index contributed by atoms with van der Waals surface area (Å²) in [4.78, 5) is 1.97. The Morgan fingerprint density at radius 1 is 0.897 bits per heavy atom. The molecule has 0 fully saturated rings. The minimum Gasteiger partial charge on any atom is -0.692 e. The third-order valence-corrected chi connectivity index (χ3v) is 5.54. The van der Waals surface area contributed by atoms with Crippen molar-refractivity contribution in [3.63, 3.8) is 0 Å². The zero-order valence-corrected chi connectivity index (χ0v) is 17.5. The first-order valence-corrected chi connectivity index (χ1v) is 11.1. The topological polar surface area (TPSA) is 65.0 Å². The van der Waals surface area contributed by atoms with Crippen molar-refractivity contribution in [3.05, 3.63) is 53.2 Å². The van der Waals surface area contributed by atoms with E-state index in [9.17, 15) is 10.3 Å². The summed E-state index contributed by atoms with van der Waals surface area (Å²) < 4.78 is 0. The van der Waals surface area contributed by atoms with Crippen molar-refractivity contribution in [2.24, 2.45) is 0 Å². The predicted octanol–water partition coefficient (Wildman–Crippen LogP) is 5.83. The molecule has 0 unspecified atom stereocenters. The van der Waals surface area contributed by atoms with Gasteiger partial charge in [0, 0.05) is 0 Å². The molecule has 1 heterocycles. The number of phenolic OH excluding ortho intramolecular Hbond substituents is 1. The number of phenols is 1. The highest BCUT2D eigenvalue weighted by molar-refractivity contribution is 5.70. The monoisotopic (exact) mass is 395 g/mol. The number of nitrogens with zero attached hydrogens (tertiary/aromatic N) is 3. The van der Waals surface area contributed by atoms with Crippen LogP contribution in [0.25, 0.3) is 16.7 Å². The van der Waals surface area contributed by atoms with Crippen molar-refractivity contribution in [1.82, 2.24) is 9.90 Å². The molecule has 0 saturated heterocycles. The van der Waals surface area contributed by atoms with Crippen molar-refractivity contribution in [3.8, 4) is 11.4 Å². The molecule has 0 aliphatic rings. The van der Waals surface area contributed by atoms with Gasteiger partial charge < -0.3 is 10.3 Å². The van der Waals surface area contributed by atoms with Crippen LogP contribution in [0.15, 0.2) is 42.5 Å². The number of aromatic hydroxyl groups is 1. The van der Waals surface area contributed by atoms with E-state index in [1.807, 2.05) is 24.3 Å². The summed E-state index contributed by atoms with van der Waals surface area (Å²) in [6.07, 6.45) is 14.1. The Morgan fingerprint density at radius 2 is 1.55 bits per heavy atom. The lowest BCUT2D eigenvalue weighted by Crippen LogP contribution is -2.37. The molecule has 2 aromatic carbocycles. The lowest BCUT2D eigenvalue weighted by atomic mass is 10.0. The summed E-state index contributed by atoms with van der Waals surface area (Å²) in [5, 5.41) is 27.2. The van der Waals surface area contributed by atoms with Gasteiger partial charge >= 0.3 is 0 Å². The number of aromatic nitrogens is 3. The first-order chi connectivity index (χ1) is 14.2. The summed E-state index contributed by atoms with van der Waals surface area (Å²) in [6, 6.07) is 12.7. The fourth-order valence-electron chi connectivity index (χ4n) is 3.81. The maximum Gasteiger partial charge on any atom is 0.250 e. The highest BCUT2D eigenvalue weighted by atomic mass is 16.5. The maximum absolute atomic E-state index is 12.5. The van der Waals surface area contributed by atoms with Gasteiger partial charge in [0.2, 0.25) is 11.0 Å². The van der Waals surface area contributed by atoms with Crippen LogP contribution in [0.3, 0.4) is 0 Å². The molecule has 0 aliphatic carbocycles. The van der Waals surface area contributed by atoms with E-state index in [0.717, 1.165) is 23.3 Å². The molecule has 29 heavy (non-hydrogen) atoms. The third-order valence-electron chi connectivity index (χ3n) is 5.54. The lowest BCUT2D eigenvalue weighted by molar-refractivity contribution is -0.664. The Labute approximate surface area is 173 Å². The van der Waals surface area contributed by atoms with E-state index in [4.69, 9.17) is 0 Å². The number of hydrogen-bond donors (Lipinski definition) is 1. The summed E-state index contributed by atoms with van der Waals surface area (Å²) in [7, 11) is 0. The van der Waals surface area contributed by atoms with Crippen LogP contribution in [-0.2, 0) is 6.42 Å². The maximum atomic E-state index is 12.5. The van der Waals surface area contributed by atoms with Crippen molar-refractivity contribution in [1.29, 1.82) is 0 Å². The predicted molar refractivity (Wildman–Crippen MR) is 117 cm³/mol. The molecule has 3 aromatic rings. The van der Waals surface area contributed by atoms with E-state index in [1.54, 1.807) is 18.2 Å². The van der Waals surface area contributed by atoms with Gasteiger partial charge in [-0.3, -0.25) is 0 Å². The lowest BCUT2D eigenvalue weighted by Gasteiger charge is -2.08. The van der Waals surface area contributed by atoms with Crippen LogP contribution in [0.1, 0.15) is 76.7 Å². The number of unbranched alkanes of at least 4 members (excludes halogenated alkanes) is 9. The summed E-state index contributed by atoms with van der Waals surface area (Å²) in [6.45, 7) is 2.26. The molecule has 5 nitrogen and oxygen atoms in total. The first-order valence-electron chi connectivity index (χ1n) is 11.1. The fourth-order valence-corrected chi connectivity index (χ4v) is 3.81. The second-order valence-corrected chi connectivity index (χ2v) is 7.91. The molecule has 0 bridgehead atoms. The molecule has 0 amide bonds. The Morgan fingerprint density at radius 3 is 2.24 bits per heavy atom. The largest absolute Gasteiger partial charge is 0.692 e. The van der Waals surface area contributed by atoms with Crippen LogP contribution < -0.4 is 4.85 Å². The van der Waals surface area contributed by atoms with Gasteiger partial charge in [0.25, 0.3) is 0 Å². The summed E-state index contributed by atoms with van der Waals surface area (Å²) in [5.74, 6) is 0.0641. The van der Waals surface area contributed by atoms with Crippen LogP contribution in [0.4, 0.5) is 0 Å². The molecule has 1 aromatic heterocycles. The van der Waals surface area contributed by atoms with Gasteiger partial charge in [-0.1, -0.05) is 82.9 Å². The molecule has 5 heteroatoms. The van der Waals surface area contributed by atoms with Gasteiger partial charge in [-0.2, -0.15) is 0 Å². The van der Waals surface area contributed by atoms with Crippen LogP contribution >= 0.6 is 0 Å². The Bertz CT molecular complexity index is 904. The molecular formula is C24H33N3O2. The van der Waals surface area contributed by atoms with E-state index in [0.29, 0.717) is 16.7 Å². The number of para-hydroxylation sites is 1. The molecule has 1 N–H and O–H groups in total. The zero-order chi connectivity index (χ0) is 20.5. The number of benzene rings is 2. The zero-order valence-electron chi connectivity index (χ0n) is 17.5. The van der Waals surface area contributed by atoms with Crippen molar-refractivity contribution in [2.75, 3.05) is 0 Å². The molecule has 0 aliphatic heterocycles. The Hall–Kier alpha value is -2.56. The van der Waals surface area contributed by atoms with E-state index < -0.39 is 0 Å². The van der Waals surface area contributed by atoms with E-state index in [1.165, 1.54) is 62.6 Å². The molecule has 0 saturated carbocycles. The van der Waals surface area contributed by atoms with E-state index in [-0.39, 0.29) is 5.75 Å². The van der Waals surface area contributed by atoms with Gasteiger partial charge in [0.1, 0.15) is 5.75 Å². The molecule has 0 spiro atoms. The minimum absolute atomic E-state index is 0.0641. The number of rotatable bonds is 12. The first kappa shape index (κ1) is 21.2. The van der Waals surface area contributed by atoms with E-state index >= 15 is 0 Å². The highest BCUT2D eigenvalue weighted by Gasteiger charge is 2.18. The standard InChI is InChI=1S/C24H33N3O2/c1-2-3-4-5-6-7-8-9-10-11-14-20-17-18-24(28)23(19-20)26-25-21-15-12-13-16-22(21)27(26)29/h12-13,15-19,28H,2-11,14H2,1H3. The van der Waals surface area contributed by atoms with Crippen LogP contribution in [-0.4, -0.2) is 15.0 Å². The molecule has 156 valence electrons. The van der Waals surface area contributed by atoms with Crippen molar-refractivity contribution >= 4 is 11.0 Å². The van der Waals surface area contributed by atoms with Gasteiger partial charge in [-0.05, 0) is 47.5 Å². The Balaban J connectivity index is 1.50. The highest BCUT2D eigenvalue weighted by Crippen LogP contribution is 2.23. The minimum atomic E-state index is 0.0641. The van der Waals surface area contributed by atoms with Crippen LogP contribution in [0, 0.1) is 5.21 Å². The van der Waals surface area contributed by atoms with Gasteiger partial charge in [0.05, 0.1) is 5.10 Å². The number of aryl methyl sites for hydroxylation is 1.